The van der Waals surface area contributed by atoms with Crippen molar-refractivity contribution in [3.63, 3.8) is 0 Å². The van der Waals surface area contributed by atoms with E-state index in [1.807, 2.05) is 13.8 Å². The largest absolute Gasteiger partial charge is 0.454 e. The average Bonchev–Trinajstić information content (AvgIpc) is 3.07. The molecule has 0 spiro atoms. The Morgan fingerprint density at radius 2 is 2.05 bits per heavy atom. The minimum atomic E-state index is -3.67. The Labute approximate surface area is 122 Å². The van der Waals surface area contributed by atoms with Crippen LogP contribution in [0, 0.1) is 0 Å². The van der Waals surface area contributed by atoms with Gasteiger partial charge in [-0.25, -0.2) is 8.42 Å². The Morgan fingerprint density at radius 1 is 1.29 bits per heavy atom. The minimum Gasteiger partial charge on any atom is -0.454 e. The van der Waals surface area contributed by atoms with Crippen molar-refractivity contribution in [2.75, 3.05) is 11.5 Å². The second-order valence-electron chi connectivity index (χ2n) is 4.92. The molecule has 7 nitrogen and oxygen atoms in total. The Hall–Kier alpha value is -2.22. The molecule has 3 rings (SSSR count). The molecule has 0 bridgehead atoms. The lowest BCUT2D eigenvalue weighted by Crippen LogP contribution is -2.12. The van der Waals surface area contributed by atoms with Crippen LogP contribution in [0.4, 0.5) is 5.69 Å². The molecule has 112 valence electrons. The number of fused-ring (bicyclic) bond motifs is 1. The number of aromatic nitrogens is 2. The molecule has 0 radical (unpaired) electrons. The maximum Gasteiger partial charge on any atom is 0.265 e. The van der Waals surface area contributed by atoms with Crippen molar-refractivity contribution in [3.05, 3.63) is 30.6 Å². The molecule has 2 heterocycles. The van der Waals surface area contributed by atoms with E-state index in [4.69, 9.17) is 9.47 Å². The van der Waals surface area contributed by atoms with Crippen LogP contribution in [0.3, 0.4) is 0 Å². The summed E-state index contributed by atoms with van der Waals surface area (Å²) in [7, 11) is -3.67. The summed E-state index contributed by atoms with van der Waals surface area (Å²) in [6, 6.07) is 4.97. The Bertz CT molecular complexity index is 767. The quantitative estimate of drug-likeness (QED) is 0.934. The van der Waals surface area contributed by atoms with E-state index < -0.39 is 10.0 Å². The highest BCUT2D eigenvalue weighted by molar-refractivity contribution is 7.92. The molecule has 1 aromatic carbocycles. The van der Waals surface area contributed by atoms with E-state index in [9.17, 15) is 8.42 Å². The second-order valence-corrected chi connectivity index (χ2v) is 6.61. The van der Waals surface area contributed by atoms with Crippen molar-refractivity contribution in [2.45, 2.75) is 24.8 Å². The van der Waals surface area contributed by atoms with Gasteiger partial charge in [-0.2, -0.15) is 5.10 Å². The number of nitrogens with one attached hydrogen (secondary N) is 1. The molecule has 1 aliphatic heterocycles. The van der Waals surface area contributed by atoms with E-state index in [0.29, 0.717) is 17.2 Å². The fourth-order valence-electron chi connectivity index (χ4n) is 1.92. The molecule has 0 fully saturated rings. The van der Waals surface area contributed by atoms with Gasteiger partial charge in [-0.05, 0) is 26.0 Å². The smallest absolute Gasteiger partial charge is 0.265 e. The second kappa shape index (κ2) is 4.96. The molecule has 0 atom stereocenters. The van der Waals surface area contributed by atoms with Crippen molar-refractivity contribution in [1.82, 2.24) is 9.78 Å². The van der Waals surface area contributed by atoms with E-state index >= 15 is 0 Å². The molecular formula is C13H15N3O4S. The lowest BCUT2D eigenvalue weighted by atomic mass is 10.3. The summed E-state index contributed by atoms with van der Waals surface area (Å²) in [5, 5.41) is 4.03. The SMILES string of the molecule is CC(C)n1cc(S(=O)(=O)Nc2ccc3c(c2)OCO3)cn1. The van der Waals surface area contributed by atoms with Crippen LogP contribution in [0.5, 0.6) is 11.5 Å². The van der Waals surface area contributed by atoms with Crippen LogP contribution in [-0.2, 0) is 10.0 Å². The van der Waals surface area contributed by atoms with Crippen LogP contribution in [-0.4, -0.2) is 25.0 Å². The van der Waals surface area contributed by atoms with Gasteiger partial charge in [0, 0.05) is 18.3 Å². The van der Waals surface area contributed by atoms with Crippen LogP contribution in [0.1, 0.15) is 19.9 Å². The van der Waals surface area contributed by atoms with Crippen molar-refractivity contribution < 1.29 is 17.9 Å². The number of hydrogen-bond acceptors (Lipinski definition) is 5. The molecule has 8 heteroatoms. The third kappa shape index (κ3) is 2.66. The van der Waals surface area contributed by atoms with Gasteiger partial charge in [-0.1, -0.05) is 0 Å². The maximum atomic E-state index is 12.3. The van der Waals surface area contributed by atoms with Crippen LogP contribution in [0.15, 0.2) is 35.5 Å². The number of anilines is 1. The predicted molar refractivity (Wildman–Crippen MR) is 76.0 cm³/mol. The first-order chi connectivity index (χ1) is 9.95. The van der Waals surface area contributed by atoms with E-state index in [2.05, 4.69) is 9.82 Å². The van der Waals surface area contributed by atoms with E-state index in [-0.39, 0.29) is 17.7 Å². The van der Waals surface area contributed by atoms with Gasteiger partial charge < -0.3 is 9.47 Å². The zero-order valence-corrected chi connectivity index (χ0v) is 12.4. The molecular weight excluding hydrogens is 294 g/mol. The predicted octanol–water partition coefficient (Wildman–Crippen LogP) is 1.99. The highest BCUT2D eigenvalue weighted by Crippen LogP contribution is 2.34. The normalized spacial score (nSPS) is 13.7. The van der Waals surface area contributed by atoms with Gasteiger partial charge in [0.25, 0.3) is 10.0 Å². The van der Waals surface area contributed by atoms with Gasteiger partial charge in [0.15, 0.2) is 11.5 Å². The Balaban J connectivity index is 1.85. The number of rotatable bonds is 4. The maximum absolute atomic E-state index is 12.3. The lowest BCUT2D eigenvalue weighted by molar-refractivity contribution is 0.174. The molecule has 0 amide bonds. The molecule has 2 aromatic rings. The van der Waals surface area contributed by atoms with Gasteiger partial charge >= 0.3 is 0 Å². The Morgan fingerprint density at radius 3 is 2.76 bits per heavy atom. The standard InChI is InChI=1S/C13H15N3O4S/c1-9(2)16-7-11(6-14-16)21(17,18)15-10-3-4-12-13(5-10)20-8-19-12/h3-7,9,15H,8H2,1-2H3. The van der Waals surface area contributed by atoms with Crippen molar-refractivity contribution in [2.24, 2.45) is 0 Å². The molecule has 0 unspecified atom stereocenters. The van der Waals surface area contributed by atoms with Crippen molar-refractivity contribution in [1.29, 1.82) is 0 Å². The van der Waals surface area contributed by atoms with Crippen molar-refractivity contribution >= 4 is 15.7 Å². The van der Waals surface area contributed by atoms with Gasteiger partial charge in [0.1, 0.15) is 4.90 Å². The highest BCUT2D eigenvalue weighted by Gasteiger charge is 2.19. The monoisotopic (exact) mass is 309 g/mol. The fourth-order valence-corrected chi connectivity index (χ4v) is 2.90. The fraction of sp³-hybridized carbons (Fsp3) is 0.308. The van der Waals surface area contributed by atoms with Gasteiger partial charge in [0.05, 0.1) is 11.9 Å². The third-order valence-corrected chi connectivity index (χ3v) is 4.38. The van der Waals surface area contributed by atoms with Gasteiger partial charge in [0.2, 0.25) is 6.79 Å². The Kier molecular flexibility index (Phi) is 3.25. The van der Waals surface area contributed by atoms with Crippen LogP contribution in [0.2, 0.25) is 0 Å². The molecule has 1 N–H and O–H groups in total. The zero-order valence-electron chi connectivity index (χ0n) is 11.6. The van der Waals surface area contributed by atoms with Crippen molar-refractivity contribution in [3.8, 4) is 11.5 Å². The lowest BCUT2D eigenvalue weighted by Gasteiger charge is -2.07. The number of benzene rings is 1. The average molecular weight is 309 g/mol. The highest BCUT2D eigenvalue weighted by atomic mass is 32.2. The number of sulfonamides is 1. The molecule has 0 saturated heterocycles. The third-order valence-electron chi connectivity index (χ3n) is 3.04. The summed E-state index contributed by atoms with van der Waals surface area (Å²) in [6.07, 6.45) is 2.83. The number of nitrogens with zero attached hydrogens (tertiary/aromatic N) is 2. The van der Waals surface area contributed by atoms with E-state index in [0.717, 1.165) is 0 Å². The van der Waals surface area contributed by atoms with Gasteiger partial charge in [-0.15, -0.1) is 0 Å². The first kappa shape index (κ1) is 13.7. The molecule has 0 saturated carbocycles. The summed E-state index contributed by atoms with van der Waals surface area (Å²) < 4.78 is 39.1. The summed E-state index contributed by atoms with van der Waals surface area (Å²) in [5.41, 5.74) is 0.413. The molecule has 1 aromatic heterocycles. The van der Waals surface area contributed by atoms with E-state index in [1.54, 1.807) is 22.9 Å². The minimum absolute atomic E-state index is 0.0968. The first-order valence-electron chi connectivity index (χ1n) is 6.42. The number of ether oxygens (including phenoxy) is 2. The summed E-state index contributed by atoms with van der Waals surface area (Å²) in [6.45, 7) is 4.00. The molecule has 1 aliphatic rings. The van der Waals surface area contributed by atoms with Crippen LogP contribution in [0.25, 0.3) is 0 Å². The molecule has 0 aliphatic carbocycles. The number of hydrogen-bond donors (Lipinski definition) is 1. The summed E-state index contributed by atoms with van der Waals surface area (Å²) in [5.74, 6) is 1.12. The molecule has 21 heavy (non-hydrogen) atoms. The first-order valence-corrected chi connectivity index (χ1v) is 7.91. The van der Waals surface area contributed by atoms with Gasteiger partial charge in [-0.3, -0.25) is 9.40 Å². The topological polar surface area (TPSA) is 82.5 Å². The summed E-state index contributed by atoms with van der Waals surface area (Å²) in [4.78, 5) is 0.119. The van der Waals surface area contributed by atoms with Crippen LogP contribution >= 0.6 is 0 Å². The zero-order chi connectivity index (χ0) is 15.0. The van der Waals surface area contributed by atoms with Crippen LogP contribution < -0.4 is 14.2 Å². The van der Waals surface area contributed by atoms with E-state index in [1.165, 1.54) is 12.4 Å². The summed E-state index contributed by atoms with van der Waals surface area (Å²) >= 11 is 0.